The fourth-order valence-electron chi connectivity index (χ4n) is 1.50. The monoisotopic (exact) mass is 290 g/mol. The standard InChI is InChI=1S/C10H11ClN2O4S/c11-5-10(14)17-18(15,16)7-13-9-4-2-1-3-8(9)6-12-13/h1-4,6,10,14H,5,7H2. The van der Waals surface area contributed by atoms with Gasteiger partial charge in [0.15, 0.2) is 12.2 Å². The van der Waals surface area contributed by atoms with Gasteiger partial charge in [0, 0.05) is 5.39 Å². The predicted octanol–water partition coefficient (Wildman–Crippen LogP) is 0.897. The molecule has 0 aliphatic heterocycles. The lowest BCUT2D eigenvalue weighted by Gasteiger charge is -2.09. The molecule has 0 amide bonds. The van der Waals surface area contributed by atoms with E-state index in [-0.39, 0.29) is 5.88 Å². The Morgan fingerprint density at radius 2 is 2.17 bits per heavy atom. The molecule has 0 aliphatic carbocycles. The van der Waals surface area contributed by atoms with Gasteiger partial charge in [0.1, 0.15) is 0 Å². The molecule has 98 valence electrons. The van der Waals surface area contributed by atoms with E-state index in [1.807, 2.05) is 12.1 Å². The molecule has 0 radical (unpaired) electrons. The van der Waals surface area contributed by atoms with E-state index in [0.717, 1.165) is 5.39 Å². The van der Waals surface area contributed by atoms with Crippen molar-refractivity contribution in [3.63, 3.8) is 0 Å². The largest absolute Gasteiger partial charge is 0.366 e. The summed E-state index contributed by atoms with van der Waals surface area (Å²) in [6, 6.07) is 7.17. The van der Waals surface area contributed by atoms with Gasteiger partial charge in [0.2, 0.25) is 0 Å². The maximum atomic E-state index is 11.6. The predicted molar refractivity (Wildman–Crippen MR) is 66.5 cm³/mol. The van der Waals surface area contributed by atoms with E-state index in [9.17, 15) is 8.42 Å². The minimum absolute atomic E-state index is 0.320. The number of nitrogens with zero attached hydrogens (tertiary/aromatic N) is 2. The van der Waals surface area contributed by atoms with Crippen molar-refractivity contribution in [1.29, 1.82) is 0 Å². The van der Waals surface area contributed by atoms with Gasteiger partial charge in [-0.25, -0.2) is 8.86 Å². The average Bonchev–Trinajstić information content (AvgIpc) is 2.71. The number of benzene rings is 1. The smallest absolute Gasteiger partial charge is 0.290 e. The number of aromatic nitrogens is 2. The van der Waals surface area contributed by atoms with Crippen molar-refractivity contribution in [3.8, 4) is 0 Å². The molecule has 2 aromatic rings. The Morgan fingerprint density at radius 1 is 1.44 bits per heavy atom. The molecule has 6 nitrogen and oxygen atoms in total. The van der Waals surface area contributed by atoms with Gasteiger partial charge in [-0.15, -0.1) is 11.6 Å². The Labute approximate surface area is 109 Å². The minimum Gasteiger partial charge on any atom is -0.366 e. The van der Waals surface area contributed by atoms with Gasteiger partial charge >= 0.3 is 0 Å². The van der Waals surface area contributed by atoms with Crippen LogP contribution in [0.4, 0.5) is 0 Å². The molecule has 8 heteroatoms. The summed E-state index contributed by atoms with van der Waals surface area (Å²) >= 11 is 5.27. The van der Waals surface area contributed by atoms with E-state index in [0.29, 0.717) is 5.52 Å². The number of aliphatic hydroxyl groups excluding tert-OH is 1. The summed E-state index contributed by atoms with van der Waals surface area (Å²) in [7, 11) is -3.94. The summed E-state index contributed by atoms with van der Waals surface area (Å²) in [5.74, 6) is -0.798. The van der Waals surface area contributed by atoms with Crippen LogP contribution in [0, 0.1) is 0 Å². The highest BCUT2D eigenvalue weighted by molar-refractivity contribution is 7.85. The zero-order valence-corrected chi connectivity index (χ0v) is 10.8. The molecular weight excluding hydrogens is 280 g/mol. The topological polar surface area (TPSA) is 81.4 Å². The Morgan fingerprint density at radius 3 is 2.89 bits per heavy atom. The molecule has 1 aromatic heterocycles. The summed E-state index contributed by atoms with van der Waals surface area (Å²) in [6.45, 7) is 0. The average molecular weight is 291 g/mol. The third-order valence-corrected chi connectivity index (χ3v) is 3.56. The number of halogens is 1. The van der Waals surface area contributed by atoms with Gasteiger partial charge in [-0.3, -0.25) is 0 Å². The number of hydrogen-bond acceptors (Lipinski definition) is 5. The van der Waals surface area contributed by atoms with Gasteiger partial charge in [0.25, 0.3) is 10.1 Å². The fraction of sp³-hybridized carbons (Fsp3) is 0.300. The van der Waals surface area contributed by atoms with Crippen LogP contribution >= 0.6 is 11.6 Å². The molecule has 1 N–H and O–H groups in total. The van der Waals surface area contributed by atoms with Crippen molar-refractivity contribution in [3.05, 3.63) is 30.5 Å². The lowest BCUT2D eigenvalue weighted by atomic mass is 10.3. The molecule has 0 spiro atoms. The molecule has 0 bridgehead atoms. The van der Waals surface area contributed by atoms with Crippen LogP contribution in [-0.4, -0.2) is 35.5 Å². The molecule has 0 aliphatic rings. The zero-order chi connectivity index (χ0) is 13.2. The van der Waals surface area contributed by atoms with Gasteiger partial charge in [0.05, 0.1) is 17.6 Å². The van der Waals surface area contributed by atoms with E-state index < -0.39 is 22.3 Å². The van der Waals surface area contributed by atoms with Crippen LogP contribution in [0.5, 0.6) is 0 Å². The second-order valence-electron chi connectivity index (χ2n) is 3.59. The van der Waals surface area contributed by atoms with Gasteiger partial charge in [-0.2, -0.15) is 13.5 Å². The van der Waals surface area contributed by atoms with Crippen LogP contribution in [0.1, 0.15) is 0 Å². The summed E-state index contributed by atoms with van der Waals surface area (Å²) in [5, 5.41) is 13.9. The van der Waals surface area contributed by atoms with Crippen molar-refractivity contribution < 1.29 is 17.7 Å². The first kappa shape index (κ1) is 13.3. The fourth-order valence-corrected chi connectivity index (χ4v) is 2.61. The van der Waals surface area contributed by atoms with E-state index >= 15 is 0 Å². The van der Waals surface area contributed by atoms with Crippen molar-refractivity contribution in [2.45, 2.75) is 12.2 Å². The first-order chi connectivity index (χ1) is 8.52. The number of para-hydroxylation sites is 1. The first-order valence-electron chi connectivity index (χ1n) is 5.07. The van der Waals surface area contributed by atoms with E-state index in [4.69, 9.17) is 16.7 Å². The Bertz CT molecular complexity index is 640. The lowest BCUT2D eigenvalue weighted by Crippen LogP contribution is -2.23. The van der Waals surface area contributed by atoms with E-state index in [1.54, 1.807) is 18.3 Å². The number of aliphatic hydroxyl groups is 1. The molecular formula is C10H11ClN2O4S. The van der Waals surface area contributed by atoms with Crippen molar-refractivity contribution in [2.75, 3.05) is 5.88 Å². The third kappa shape index (κ3) is 2.99. The summed E-state index contributed by atoms with van der Waals surface area (Å²) in [6.07, 6.45) is 0.0153. The molecule has 1 atom stereocenters. The van der Waals surface area contributed by atoms with Crippen LogP contribution in [-0.2, 0) is 20.2 Å². The van der Waals surface area contributed by atoms with Gasteiger partial charge < -0.3 is 5.11 Å². The Hall–Kier alpha value is -1.15. The SMILES string of the molecule is O=S(=O)(Cn1ncc2ccccc21)OC(O)CCl. The second-order valence-corrected chi connectivity index (χ2v) is 5.47. The maximum Gasteiger partial charge on any atom is 0.290 e. The quantitative estimate of drug-likeness (QED) is 0.502. The number of rotatable bonds is 5. The highest BCUT2D eigenvalue weighted by Crippen LogP contribution is 2.14. The molecule has 0 saturated heterocycles. The molecule has 2 rings (SSSR count). The highest BCUT2D eigenvalue weighted by atomic mass is 35.5. The van der Waals surface area contributed by atoms with Crippen LogP contribution in [0.2, 0.25) is 0 Å². The normalized spacial score (nSPS) is 13.9. The van der Waals surface area contributed by atoms with Gasteiger partial charge in [-0.05, 0) is 6.07 Å². The first-order valence-corrected chi connectivity index (χ1v) is 7.18. The number of alkyl halides is 1. The number of fused-ring (bicyclic) bond motifs is 1. The van der Waals surface area contributed by atoms with E-state index in [2.05, 4.69) is 9.28 Å². The minimum atomic E-state index is -3.94. The van der Waals surface area contributed by atoms with Crippen molar-refractivity contribution >= 4 is 32.6 Å². The zero-order valence-electron chi connectivity index (χ0n) is 9.23. The summed E-state index contributed by atoms with van der Waals surface area (Å²) in [5.41, 5.74) is 0.671. The molecule has 18 heavy (non-hydrogen) atoms. The highest BCUT2D eigenvalue weighted by Gasteiger charge is 2.19. The third-order valence-electron chi connectivity index (χ3n) is 2.22. The molecule has 1 aromatic carbocycles. The van der Waals surface area contributed by atoms with Crippen molar-refractivity contribution in [1.82, 2.24) is 9.78 Å². The van der Waals surface area contributed by atoms with Crippen LogP contribution in [0.25, 0.3) is 10.9 Å². The van der Waals surface area contributed by atoms with Crippen molar-refractivity contribution in [2.24, 2.45) is 0 Å². The van der Waals surface area contributed by atoms with Crippen LogP contribution < -0.4 is 0 Å². The molecule has 1 unspecified atom stereocenters. The van der Waals surface area contributed by atoms with Gasteiger partial charge in [-0.1, -0.05) is 18.2 Å². The summed E-state index contributed by atoms with van der Waals surface area (Å²) in [4.78, 5) is 0. The lowest BCUT2D eigenvalue weighted by molar-refractivity contribution is 0.00763. The Balaban J connectivity index is 2.23. The Kier molecular flexibility index (Phi) is 3.86. The molecule has 1 heterocycles. The van der Waals surface area contributed by atoms with E-state index in [1.165, 1.54) is 4.68 Å². The maximum absolute atomic E-state index is 11.6. The number of hydrogen-bond donors (Lipinski definition) is 1. The van der Waals surface area contributed by atoms with Crippen LogP contribution in [0.3, 0.4) is 0 Å². The second kappa shape index (κ2) is 5.23. The molecule has 0 fully saturated rings. The summed E-state index contributed by atoms with van der Waals surface area (Å²) < 4.78 is 28.9. The van der Waals surface area contributed by atoms with Crippen LogP contribution in [0.15, 0.2) is 30.5 Å². The molecule has 0 saturated carbocycles.